The number of hydrogen-bond acceptors (Lipinski definition) is 2. The molecule has 0 fully saturated rings. The van der Waals surface area contributed by atoms with E-state index in [2.05, 4.69) is 25.8 Å². The third-order valence-electron chi connectivity index (χ3n) is 3.07. The van der Waals surface area contributed by atoms with Crippen LogP contribution in [0.2, 0.25) is 0 Å². The highest BCUT2D eigenvalue weighted by Gasteiger charge is 2.24. The van der Waals surface area contributed by atoms with Crippen LogP contribution in [0.1, 0.15) is 32.9 Å². The van der Waals surface area contributed by atoms with Gasteiger partial charge in [-0.05, 0) is 24.0 Å². The lowest BCUT2D eigenvalue weighted by atomic mass is 9.80. The fourth-order valence-electron chi connectivity index (χ4n) is 1.28. The summed E-state index contributed by atoms with van der Waals surface area (Å²) in [7, 11) is 0. The van der Waals surface area contributed by atoms with Crippen LogP contribution < -0.4 is 5.73 Å². The van der Waals surface area contributed by atoms with Crippen molar-refractivity contribution in [2.24, 2.45) is 11.1 Å². The zero-order valence-electron chi connectivity index (χ0n) is 9.33. The molecule has 1 unspecified atom stereocenters. The quantitative estimate of drug-likeness (QED) is 0.795. The van der Waals surface area contributed by atoms with Gasteiger partial charge in [0.15, 0.2) is 0 Å². The summed E-state index contributed by atoms with van der Waals surface area (Å²) in [6.45, 7) is 6.60. The monoisotopic (exact) mass is 192 g/mol. The van der Waals surface area contributed by atoms with Crippen LogP contribution in [0.3, 0.4) is 0 Å². The van der Waals surface area contributed by atoms with Crippen LogP contribution in [0, 0.1) is 5.41 Å². The van der Waals surface area contributed by atoms with Crippen molar-refractivity contribution in [2.75, 3.05) is 0 Å². The topological polar surface area (TPSA) is 38.9 Å². The van der Waals surface area contributed by atoms with Crippen molar-refractivity contribution in [3.05, 3.63) is 30.1 Å². The van der Waals surface area contributed by atoms with Crippen LogP contribution in [-0.4, -0.2) is 11.0 Å². The Labute approximate surface area is 86.5 Å². The normalized spacial score (nSPS) is 14.0. The number of aromatic nitrogens is 1. The maximum Gasteiger partial charge on any atom is 0.0419 e. The van der Waals surface area contributed by atoms with E-state index in [9.17, 15) is 0 Å². The van der Waals surface area contributed by atoms with Crippen molar-refractivity contribution < 1.29 is 0 Å². The van der Waals surface area contributed by atoms with Gasteiger partial charge >= 0.3 is 0 Å². The van der Waals surface area contributed by atoms with E-state index in [4.69, 9.17) is 5.73 Å². The molecular weight excluding hydrogens is 172 g/mol. The fraction of sp³-hybridized carbons (Fsp3) is 0.583. The average Bonchev–Trinajstić information content (AvgIpc) is 2.19. The predicted molar refractivity (Wildman–Crippen MR) is 60.0 cm³/mol. The molecule has 0 radical (unpaired) electrons. The molecule has 0 aliphatic heterocycles. The lowest BCUT2D eigenvalue weighted by Crippen LogP contribution is -2.38. The molecule has 1 aromatic rings. The highest BCUT2D eigenvalue weighted by molar-refractivity contribution is 5.06. The lowest BCUT2D eigenvalue weighted by Gasteiger charge is -2.30. The van der Waals surface area contributed by atoms with Crippen LogP contribution in [0.25, 0.3) is 0 Å². The summed E-state index contributed by atoms with van der Waals surface area (Å²) in [4.78, 5) is 4.29. The van der Waals surface area contributed by atoms with Crippen LogP contribution in [-0.2, 0) is 6.42 Å². The summed E-state index contributed by atoms with van der Waals surface area (Å²) in [6.07, 6.45) is 3.78. The van der Waals surface area contributed by atoms with Crippen molar-refractivity contribution in [1.29, 1.82) is 0 Å². The minimum atomic E-state index is 0.183. The van der Waals surface area contributed by atoms with Gasteiger partial charge in [-0.25, -0.2) is 0 Å². The largest absolute Gasteiger partial charge is 0.327 e. The van der Waals surface area contributed by atoms with Crippen LogP contribution in [0.5, 0.6) is 0 Å². The molecule has 0 saturated heterocycles. The second-order valence-corrected chi connectivity index (χ2v) is 4.47. The Bertz CT molecular complexity index is 267. The molecule has 0 aliphatic carbocycles. The Morgan fingerprint density at radius 2 is 2.14 bits per heavy atom. The minimum absolute atomic E-state index is 0.183. The Balaban J connectivity index is 2.62. The van der Waals surface area contributed by atoms with Crippen molar-refractivity contribution in [2.45, 2.75) is 39.7 Å². The zero-order valence-corrected chi connectivity index (χ0v) is 9.33. The van der Waals surface area contributed by atoms with Crippen molar-refractivity contribution in [1.82, 2.24) is 4.98 Å². The second-order valence-electron chi connectivity index (χ2n) is 4.47. The number of rotatable bonds is 4. The second kappa shape index (κ2) is 4.56. The Morgan fingerprint density at radius 1 is 1.43 bits per heavy atom. The van der Waals surface area contributed by atoms with Crippen LogP contribution in [0.4, 0.5) is 0 Å². The standard InChI is InChI=1S/C12H20N2/c1-4-12(2,3)11(13)9-10-7-5-6-8-14-10/h5-8,11H,4,9,13H2,1-3H3. The lowest BCUT2D eigenvalue weighted by molar-refractivity contribution is 0.271. The zero-order chi connectivity index (χ0) is 10.6. The molecule has 0 aromatic carbocycles. The van der Waals surface area contributed by atoms with E-state index in [1.807, 2.05) is 24.4 Å². The van der Waals surface area contributed by atoms with Crippen molar-refractivity contribution in [3.8, 4) is 0 Å². The van der Waals surface area contributed by atoms with E-state index in [0.29, 0.717) is 0 Å². The van der Waals surface area contributed by atoms with Gasteiger partial charge in [-0.2, -0.15) is 0 Å². The van der Waals surface area contributed by atoms with Gasteiger partial charge < -0.3 is 5.73 Å². The van der Waals surface area contributed by atoms with E-state index in [1.165, 1.54) is 0 Å². The first-order valence-corrected chi connectivity index (χ1v) is 5.21. The number of hydrogen-bond donors (Lipinski definition) is 1. The molecule has 2 heteroatoms. The Morgan fingerprint density at radius 3 is 2.64 bits per heavy atom. The minimum Gasteiger partial charge on any atom is -0.327 e. The summed E-state index contributed by atoms with van der Waals surface area (Å²) < 4.78 is 0. The molecule has 2 nitrogen and oxygen atoms in total. The third-order valence-corrected chi connectivity index (χ3v) is 3.07. The van der Waals surface area contributed by atoms with Gasteiger partial charge in [0.05, 0.1) is 0 Å². The predicted octanol–water partition coefficient (Wildman–Crippen LogP) is 2.39. The van der Waals surface area contributed by atoms with Crippen LogP contribution >= 0.6 is 0 Å². The SMILES string of the molecule is CCC(C)(C)C(N)Cc1ccccn1. The summed E-state index contributed by atoms with van der Waals surface area (Å²) in [5, 5.41) is 0. The maximum atomic E-state index is 6.15. The van der Waals surface area contributed by atoms with E-state index >= 15 is 0 Å². The highest BCUT2D eigenvalue weighted by atomic mass is 14.7. The van der Waals surface area contributed by atoms with Crippen molar-refractivity contribution in [3.63, 3.8) is 0 Å². The van der Waals surface area contributed by atoms with Gasteiger partial charge in [0, 0.05) is 24.4 Å². The molecule has 78 valence electrons. The Hall–Kier alpha value is -0.890. The van der Waals surface area contributed by atoms with Crippen LogP contribution in [0.15, 0.2) is 24.4 Å². The molecule has 0 saturated carbocycles. The van der Waals surface area contributed by atoms with E-state index in [-0.39, 0.29) is 11.5 Å². The molecule has 0 aliphatic rings. The molecule has 2 N–H and O–H groups in total. The van der Waals surface area contributed by atoms with E-state index in [1.54, 1.807) is 0 Å². The van der Waals surface area contributed by atoms with Gasteiger partial charge in [-0.15, -0.1) is 0 Å². The molecule has 14 heavy (non-hydrogen) atoms. The molecular formula is C12H20N2. The molecule has 1 aromatic heterocycles. The van der Waals surface area contributed by atoms with Gasteiger partial charge in [0.1, 0.15) is 0 Å². The fourth-order valence-corrected chi connectivity index (χ4v) is 1.28. The first-order valence-electron chi connectivity index (χ1n) is 5.21. The molecule has 0 amide bonds. The van der Waals surface area contributed by atoms with E-state index < -0.39 is 0 Å². The molecule has 1 heterocycles. The molecule has 1 rings (SSSR count). The number of pyridine rings is 1. The van der Waals surface area contributed by atoms with Gasteiger partial charge in [-0.1, -0.05) is 26.8 Å². The third kappa shape index (κ3) is 2.81. The molecule has 1 atom stereocenters. The smallest absolute Gasteiger partial charge is 0.0419 e. The number of nitrogens with two attached hydrogens (primary N) is 1. The molecule has 0 bridgehead atoms. The summed E-state index contributed by atoms with van der Waals surface area (Å²) in [5.41, 5.74) is 7.43. The summed E-state index contributed by atoms with van der Waals surface area (Å²) >= 11 is 0. The van der Waals surface area contributed by atoms with E-state index in [0.717, 1.165) is 18.5 Å². The number of nitrogens with zero attached hydrogens (tertiary/aromatic N) is 1. The first kappa shape index (κ1) is 11.2. The highest BCUT2D eigenvalue weighted by Crippen LogP contribution is 2.25. The van der Waals surface area contributed by atoms with Gasteiger partial charge in [0.2, 0.25) is 0 Å². The van der Waals surface area contributed by atoms with Crippen molar-refractivity contribution >= 4 is 0 Å². The summed E-state index contributed by atoms with van der Waals surface area (Å²) in [5.74, 6) is 0. The maximum absolute atomic E-state index is 6.15. The van der Waals surface area contributed by atoms with Gasteiger partial charge in [-0.3, -0.25) is 4.98 Å². The molecule has 0 spiro atoms. The summed E-state index contributed by atoms with van der Waals surface area (Å²) in [6, 6.07) is 6.15. The Kier molecular flexibility index (Phi) is 3.64. The van der Waals surface area contributed by atoms with Gasteiger partial charge in [0.25, 0.3) is 0 Å². The average molecular weight is 192 g/mol. The first-order chi connectivity index (χ1) is 6.56.